The molecule has 1 aromatic heterocycles. The fraction of sp³-hybridized carbons (Fsp3) is 0.250. The minimum Gasteiger partial charge on any atom is -0.393 e. The average molecular weight is 216 g/mol. The summed E-state index contributed by atoms with van der Waals surface area (Å²) in [6.07, 6.45) is 1.28. The fourth-order valence-corrected chi connectivity index (χ4v) is 1.18. The van der Waals surface area contributed by atoms with Crippen molar-refractivity contribution in [2.75, 3.05) is 5.73 Å². The molecule has 6 heteroatoms. The van der Waals surface area contributed by atoms with Gasteiger partial charge in [-0.1, -0.05) is 18.2 Å². The van der Waals surface area contributed by atoms with Crippen LogP contribution in [0.2, 0.25) is 0 Å². The van der Waals surface area contributed by atoms with E-state index in [0.29, 0.717) is 0 Å². The molecule has 76 valence electrons. The highest BCUT2D eigenvalue weighted by Crippen LogP contribution is 1.98. The van der Waals surface area contributed by atoms with Gasteiger partial charge >= 0.3 is 5.69 Å². The van der Waals surface area contributed by atoms with Crippen molar-refractivity contribution in [1.29, 1.82) is 0 Å². The number of halogens is 1. The Labute approximate surface area is 85.0 Å². The van der Waals surface area contributed by atoms with Crippen LogP contribution < -0.4 is 17.0 Å². The monoisotopic (exact) mass is 215 g/mol. The van der Waals surface area contributed by atoms with Crippen molar-refractivity contribution in [3.05, 3.63) is 38.6 Å². The molecule has 0 aliphatic carbocycles. The van der Waals surface area contributed by atoms with E-state index in [9.17, 15) is 9.59 Å². The van der Waals surface area contributed by atoms with Crippen LogP contribution in [-0.4, -0.2) is 9.13 Å². The molecule has 1 rings (SSSR count). The van der Waals surface area contributed by atoms with Crippen LogP contribution in [0.1, 0.15) is 0 Å². The lowest BCUT2D eigenvalue weighted by Crippen LogP contribution is -2.39. The van der Waals surface area contributed by atoms with E-state index in [0.717, 1.165) is 4.57 Å². The highest BCUT2D eigenvalue weighted by atomic mass is 35.5. The Bertz CT molecular complexity index is 452. The molecule has 1 aromatic rings. The molecule has 0 fully saturated rings. The van der Waals surface area contributed by atoms with E-state index in [2.05, 4.69) is 6.58 Å². The van der Waals surface area contributed by atoms with Crippen LogP contribution in [0.3, 0.4) is 0 Å². The van der Waals surface area contributed by atoms with Gasteiger partial charge in [-0.3, -0.25) is 9.36 Å². The zero-order chi connectivity index (χ0) is 10.9. The molecule has 0 aromatic carbocycles. The van der Waals surface area contributed by atoms with Gasteiger partial charge in [-0.05, 0) is 0 Å². The molecule has 0 radical (unpaired) electrons. The SMILES string of the molecule is C=C(Cl)Cn1c(=O)c(N)cn(C)c1=O. The Morgan fingerprint density at radius 2 is 2.21 bits per heavy atom. The highest BCUT2D eigenvalue weighted by molar-refractivity contribution is 6.29. The molecule has 0 aliphatic rings. The second-order valence-corrected chi connectivity index (χ2v) is 3.42. The predicted octanol–water partition coefficient (Wildman–Crippen LogP) is -0.118. The van der Waals surface area contributed by atoms with Crippen LogP contribution in [0, 0.1) is 0 Å². The van der Waals surface area contributed by atoms with Crippen molar-refractivity contribution in [2.45, 2.75) is 6.54 Å². The van der Waals surface area contributed by atoms with Gasteiger partial charge < -0.3 is 10.3 Å². The number of nitrogens with zero attached hydrogens (tertiary/aromatic N) is 2. The standard InChI is InChI=1S/C8H10ClN3O2/c1-5(9)3-12-7(13)6(10)4-11(2)8(12)14/h4H,1,3,10H2,2H3. The Kier molecular flexibility index (Phi) is 2.81. The summed E-state index contributed by atoms with van der Waals surface area (Å²) in [5.41, 5.74) is 4.39. The molecule has 0 amide bonds. The lowest BCUT2D eigenvalue weighted by molar-refractivity contribution is 0.648. The summed E-state index contributed by atoms with van der Waals surface area (Å²) in [6, 6.07) is 0. The number of anilines is 1. The van der Waals surface area contributed by atoms with Gasteiger partial charge in [0, 0.05) is 18.3 Å². The normalized spacial score (nSPS) is 10.1. The van der Waals surface area contributed by atoms with Crippen LogP contribution in [0.5, 0.6) is 0 Å². The third-order valence-corrected chi connectivity index (χ3v) is 1.81. The first kappa shape index (κ1) is 10.6. The molecule has 0 atom stereocenters. The second kappa shape index (κ2) is 3.71. The minimum atomic E-state index is -0.546. The summed E-state index contributed by atoms with van der Waals surface area (Å²) < 4.78 is 2.15. The lowest BCUT2D eigenvalue weighted by Gasteiger charge is -2.06. The van der Waals surface area contributed by atoms with Crippen LogP contribution >= 0.6 is 11.6 Å². The first-order valence-electron chi connectivity index (χ1n) is 3.82. The Morgan fingerprint density at radius 3 is 2.71 bits per heavy atom. The highest BCUT2D eigenvalue weighted by Gasteiger charge is 2.07. The van der Waals surface area contributed by atoms with Gasteiger partial charge in [0.15, 0.2) is 0 Å². The maximum atomic E-state index is 11.4. The molecule has 5 nitrogen and oxygen atoms in total. The second-order valence-electron chi connectivity index (χ2n) is 2.89. The summed E-state index contributed by atoms with van der Waals surface area (Å²) in [5, 5.41) is 0.204. The summed E-state index contributed by atoms with van der Waals surface area (Å²) in [5.74, 6) is 0. The number of aryl methyl sites for hydroxylation is 1. The number of hydrogen-bond donors (Lipinski definition) is 1. The van der Waals surface area contributed by atoms with Gasteiger partial charge in [0.1, 0.15) is 5.69 Å². The van der Waals surface area contributed by atoms with E-state index in [-0.39, 0.29) is 17.3 Å². The molecule has 0 saturated carbocycles. The van der Waals surface area contributed by atoms with Crippen molar-refractivity contribution in [3.63, 3.8) is 0 Å². The maximum Gasteiger partial charge on any atom is 0.331 e. The number of aromatic nitrogens is 2. The molecule has 0 saturated heterocycles. The van der Waals surface area contributed by atoms with Crippen molar-refractivity contribution in [2.24, 2.45) is 7.05 Å². The Hall–Kier alpha value is -1.49. The molecule has 0 aliphatic heterocycles. The zero-order valence-electron chi connectivity index (χ0n) is 7.66. The number of nitrogen functional groups attached to an aromatic ring is 1. The zero-order valence-corrected chi connectivity index (χ0v) is 8.41. The van der Waals surface area contributed by atoms with Crippen molar-refractivity contribution in [1.82, 2.24) is 9.13 Å². The molecular weight excluding hydrogens is 206 g/mol. The Morgan fingerprint density at radius 1 is 1.64 bits per heavy atom. The third-order valence-electron chi connectivity index (χ3n) is 1.69. The quantitative estimate of drug-likeness (QED) is 0.748. The van der Waals surface area contributed by atoms with E-state index < -0.39 is 11.2 Å². The van der Waals surface area contributed by atoms with E-state index >= 15 is 0 Å². The maximum absolute atomic E-state index is 11.4. The van der Waals surface area contributed by atoms with Crippen molar-refractivity contribution in [3.8, 4) is 0 Å². The van der Waals surface area contributed by atoms with Gasteiger partial charge in [-0.2, -0.15) is 0 Å². The van der Waals surface area contributed by atoms with Crippen LogP contribution in [-0.2, 0) is 13.6 Å². The third kappa shape index (κ3) is 1.88. The number of rotatable bonds is 2. The van der Waals surface area contributed by atoms with E-state index in [1.165, 1.54) is 17.8 Å². The average Bonchev–Trinajstić information content (AvgIpc) is 2.09. The number of allylic oxidation sites excluding steroid dienone is 1. The molecular formula is C8H10ClN3O2. The predicted molar refractivity (Wildman–Crippen MR) is 55.3 cm³/mol. The van der Waals surface area contributed by atoms with E-state index in [4.69, 9.17) is 17.3 Å². The van der Waals surface area contributed by atoms with E-state index in [1.807, 2.05) is 0 Å². The summed E-state index contributed by atoms with van der Waals surface area (Å²) in [6.45, 7) is 3.38. The topological polar surface area (TPSA) is 70.0 Å². The van der Waals surface area contributed by atoms with Crippen molar-refractivity contribution >= 4 is 17.3 Å². The first-order chi connectivity index (χ1) is 6.43. The van der Waals surface area contributed by atoms with Crippen LogP contribution in [0.25, 0.3) is 0 Å². The number of nitrogens with two attached hydrogens (primary N) is 1. The van der Waals surface area contributed by atoms with Gasteiger partial charge in [-0.25, -0.2) is 4.79 Å². The summed E-state index contributed by atoms with van der Waals surface area (Å²) >= 11 is 5.52. The molecule has 2 N–H and O–H groups in total. The van der Waals surface area contributed by atoms with Crippen LogP contribution in [0.15, 0.2) is 27.4 Å². The molecule has 14 heavy (non-hydrogen) atoms. The molecule has 0 unspecified atom stereocenters. The van der Waals surface area contributed by atoms with Gasteiger partial charge in [-0.15, -0.1) is 0 Å². The van der Waals surface area contributed by atoms with Crippen LogP contribution in [0.4, 0.5) is 5.69 Å². The Balaban J connectivity index is 3.48. The largest absolute Gasteiger partial charge is 0.393 e. The summed E-state index contributed by atoms with van der Waals surface area (Å²) in [7, 11) is 1.51. The lowest BCUT2D eigenvalue weighted by atomic mass is 10.5. The summed E-state index contributed by atoms with van der Waals surface area (Å²) in [4.78, 5) is 22.9. The molecule has 0 bridgehead atoms. The van der Waals surface area contributed by atoms with Crippen molar-refractivity contribution < 1.29 is 0 Å². The molecule has 0 spiro atoms. The van der Waals surface area contributed by atoms with E-state index in [1.54, 1.807) is 0 Å². The van der Waals surface area contributed by atoms with Gasteiger partial charge in [0.05, 0.1) is 6.54 Å². The van der Waals surface area contributed by atoms with Gasteiger partial charge in [0.2, 0.25) is 0 Å². The van der Waals surface area contributed by atoms with Gasteiger partial charge in [0.25, 0.3) is 5.56 Å². The molecule has 1 heterocycles. The first-order valence-corrected chi connectivity index (χ1v) is 4.20. The fourth-order valence-electron chi connectivity index (χ4n) is 1.06. The smallest absolute Gasteiger partial charge is 0.331 e. The number of hydrogen-bond acceptors (Lipinski definition) is 3. The minimum absolute atomic E-state index is 0.00465.